The van der Waals surface area contributed by atoms with Crippen LogP contribution in [-0.4, -0.2) is 48.6 Å². The van der Waals surface area contributed by atoms with Crippen LogP contribution in [0.4, 0.5) is 0 Å². The summed E-state index contributed by atoms with van der Waals surface area (Å²) in [5.41, 5.74) is 1.29. The van der Waals surface area contributed by atoms with Crippen LogP contribution in [0.25, 0.3) is 0 Å². The van der Waals surface area contributed by atoms with Crippen LogP contribution >= 0.6 is 23.2 Å². The fraction of sp³-hybridized carbons (Fsp3) is 0.667. The molecule has 1 unspecified atom stereocenters. The predicted octanol–water partition coefficient (Wildman–Crippen LogP) is 4.49. The highest BCUT2D eigenvalue weighted by Crippen LogP contribution is 2.24. The van der Waals surface area contributed by atoms with Crippen LogP contribution in [0.15, 0.2) is 18.2 Å². The van der Waals surface area contributed by atoms with Gasteiger partial charge in [-0.15, -0.1) is 0 Å². The molecule has 2 fully saturated rings. The van der Waals surface area contributed by atoms with Gasteiger partial charge in [0.1, 0.15) is 0 Å². The van der Waals surface area contributed by atoms with E-state index in [9.17, 15) is 0 Å². The Labute approximate surface area is 144 Å². The Morgan fingerprint density at radius 3 is 2.50 bits per heavy atom. The highest BCUT2D eigenvalue weighted by Gasteiger charge is 2.25. The maximum Gasteiger partial charge on any atom is 0.0595 e. The normalized spacial score (nSPS) is 24.5. The number of halogens is 2. The molecule has 22 heavy (non-hydrogen) atoms. The van der Waals surface area contributed by atoms with Crippen molar-refractivity contribution in [2.24, 2.45) is 0 Å². The lowest BCUT2D eigenvalue weighted by atomic mass is 10.1. The van der Waals surface area contributed by atoms with Crippen molar-refractivity contribution >= 4 is 23.2 Å². The van der Waals surface area contributed by atoms with Crippen molar-refractivity contribution < 1.29 is 0 Å². The van der Waals surface area contributed by atoms with Gasteiger partial charge in [0.15, 0.2) is 0 Å². The van der Waals surface area contributed by atoms with Gasteiger partial charge in [-0.25, -0.2) is 0 Å². The molecule has 0 bridgehead atoms. The quantitative estimate of drug-likeness (QED) is 0.796. The first-order valence-corrected chi connectivity index (χ1v) is 9.38. The molecule has 0 saturated carbocycles. The molecule has 0 amide bonds. The predicted molar refractivity (Wildman–Crippen MR) is 95.1 cm³/mol. The zero-order valence-electron chi connectivity index (χ0n) is 13.2. The Balaban J connectivity index is 1.54. The number of likely N-dealkylation sites (tertiary alicyclic amines) is 2. The Morgan fingerprint density at radius 1 is 0.955 bits per heavy atom. The molecule has 4 heteroatoms. The van der Waals surface area contributed by atoms with Crippen LogP contribution in [0.5, 0.6) is 0 Å². The minimum atomic E-state index is 0.647. The number of hydrogen-bond donors (Lipinski definition) is 0. The molecular formula is C18H26Cl2N2. The Morgan fingerprint density at radius 2 is 1.73 bits per heavy atom. The van der Waals surface area contributed by atoms with Crippen LogP contribution < -0.4 is 0 Å². The molecule has 2 aliphatic heterocycles. The maximum absolute atomic E-state index is 6.12. The van der Waals surface area contributed by atoms with E-state index in [1.807, 2.05) is 12.1 Å². The van der Waals surface area contributed by atoms with Gasteiger partial charge >= 0.3 is 0 Å². The standard InChI is InChI=1S/C18H26Cl2N2/c19-17-7-6-15(13-18(17)20)8-12-21-9-2-1-5-16(14-21)22-10-3-4-11-22/h6-7,13,16H,1-5,8-12,14H2. The summed E-state index contributed by atoms with van der Waals surface area (Å²) in [7, 11) is 0. The summed E-state index contributed by atoms with van der Waals surface area (Å²) in [5, 5.41) is 1.32. The fourth-order valence-corrected chi connectivity index (χ4v) is 4.11. The smallest absolute Gasteiger partial charge is 0.0595 e. The highest BCUT2D eigenvalue weighted by molar-refractivity contribution is 6.42. The third-order valence-electron chi connectivity index (χ3n) is 5.09. The summed E-state index contributed by atoms with van der Waals surface area (Å²) in [6.07, 6.45) is 7.93. The molecule has 2 saturated heterocycles. The lowest BCUT2D eigenvalue weighted by molar-refractivity contribution is 0.172. The van der Waals surface area contributed by atoms with E-state index in [1.165, 1.54) is 63.8 Å². The van der Waals surface area contributed by atoms with Crippen LogP contribution in [-0.2, 0) is 6.42 Å². The van der Waals surface area contributed by atoms with Crippen LogP contribution in [0, 0.1) is 0 Å². The third-order valence-corrected chi connectivity index (χ3v) is 5.83. The van der Waals surface area contributed by atoms with Crippen LogP contribution in [0.2, 0.25) is 10.0 Å². The molecule has 2 nitrogen and oxygen atoms in total. The van der Waals surface area contributed by atoms with Crippen molar-refractivity contribution in [2.45, 2.75) is 44.6 Å². The SMILES string of the molecule is Clc1ccc(CCN2CCCCC(N3CCCC3)C2)cc1Cl. The van der Waals surface area contributed by atoms with Gasteiger partial charge in [-0.05, 0) is 69.4 Å². The zero-order chi connectivity index (χ0) is 15.4. The highest BCUT2D eigenvalue weighted by atomic mass is 35.5. The second kappa shape index (κ2) is 8.01. The molecule has 1 atom stereocenters. The van der Waals surface area contributed by atoms with E-state index in [4.69, 9.17) is 23.2 Å². The molecule has 1 aromatic carbocycles. The van der Waals surface area contributed by atoms with Gasteiger partial charge < -0.3 is 4.90 Å². The van der Waals surface area contributed by atoms with E-state index >= 15 is 0 Å². The summed E-state index contributed by atoms with van der Waals surface area (Å²) in [4.78, 5) is 5.37. The summed E-state index contributed by atoms with van der Waals surface area (Å²) in [6.45, 7) is 6.23. The molecule has 0 aliphatic carbocycles. The molecule has 0 N–H and O–H groups in total. The second-order valence-electron chi connectivity index (χ2n) is 6.69. The van der Waals surface area contributed by atoms with Crippen molar-refractivity contribution in [1.29, 1.82) is 0 Å². The number of nitrogens with zero attached hydrogens (tertiary/aromatic N) is 2. The van der Waals surface area contributed by atoms with Crippen molar-refractivity contribution in [3.63, 3.8) is 0 Å². The van der Waals surface area contributed by atoms with Crippen molar-refractivity contribution in [3.05, 3.63) is 33.8 Å². The van der Waals surface area contributed by atoms with Crippen molar-refractivity contribution in [2.75, 3.05) is 32.7 Å². The minimum Gasteiger partial charge on any atom is -0.301 e. The lowest BCUT2D eigenvalue weighted by Gasteiger charge is -2.30. The summed E-state index contributed by atoms with van der Waals surface area (Å²) < 4.78 is 0. The average molecular weight is 341 g/mol. The monoisotopic (exact) mass is 340 g/mol. The molecule has 2 heterocycles. The van der Waals surface area contributed by atoms with Gasteiger partial charge in [0.05, 0.1) is 10.0 Å². The summed E-state index contributed by atoms with van der Waals surface area (Å²) in [5.74, 6) is 0. The van der Waals surface area contributed by atoms with E-state index in [1.54, 1.807) is 0 Å². The first-order valence-electron chi connectivity index (χ1n) is 8.63. The Hall–Kier alpha value is -0.280. The van der Waals surface area contributed by atoms with E-state index in [0.717, 1.165) is 19.0 Å². The second-order valence-corrected chi connectivity index (χ2v) is 7.51. The van der Waals surface area contributed by atoms with E-state index in [0.29, 0.717) is 10.0 Å². The fourth-order valence-electron chi connectivity index (χ4n) is 3.79. The van der Waals surface area contributed by atoms with Crippen LogP contribution in [0.1, 0.15) is 37.7 Å². The van der Waals surface area contributed by atoms with E-state index < -0.39 is 0 Å². The average Bonchev–Trinajstić information content (AvgIpc) is 2.95. The summed E-state index contributed by atoms with van der Waals surface area (Å²) in [6, 6.07) is 6.80. The largest absolute Gasteiger partial charge is 0.301 e. The van der Waals surface area contributed by atoms with E-state index in [-0.39, 0.29) is 0 Å². The van der Waals surface area contributed by atoms with Gasteiger partial charge in [-0.1, -0.05) is 35.7 Å². The molecule has 0 radical (unpaired) electrons. The van der Waals surface area contributed by atoms with Crippen molar-refractivity contribution in [3.8, 4) is 0 Å². The molecule has 122 valence electrons. The molecule has 2 aliphatic rings. The van der Waals surface area contributed by atoms with Gasteiger partial charge in [-0.2, -0.15) is 0 Å². The van der Waals surface area contributed by atoms with Gasteiger partial charge in [0, 0.05) is 19.1 Å². The Bertz CT molecular complexity index is 486. The molecule has 1 aromatic rings. The Kier molecular flexibility index (Phi) is 6.03. The first-order chi connectivity index (χ1) is 10.7. The minimum absolute atomic E-state index is 0.647. The van der Waals surface area contributed by atoms with Crippen LogP contribution in [0.3, 0.4) is 0 Å². The number of hydrogen-bond acceptors (Lipinski definition) is 2. The zero-order valence-corrected chi connectivity index (χ0v) is 14.7. The molecule has 0 spiro atoms. The molecule has 0 aromatic heterocycles. The number of rotatable bonds is 4. The lowest BCUT2D eigenvalue weighted by Crippen LogP contribution is -2.42. The topological polar surface area (TPSA) is 6.48 Å². The maximum atomic E-state index is 6.12. The van der Waals surface area contributed by atoms with Crippen molar-refractivity contribution in [1.82, 2.24) is 9.80 Å². The molecular weight excluding hydrogens is 315 g/mol. The van der Waals surface area contributed by atoms with E-state index in [2.05, 4.69) is 15.9 Å². The summed E-state index contributed by atoms with van der Waals surface area (Å²) >= 11 is 12.1. The molecule has 3 rings (SSSR count). The third kappa shape index (κ3) is 4.38. The first kappa shape index (κ1) is 16.6. The number of benzene rings is 1. The van der Waals surface area contributed by atoms with Gasteiger partial charge in [0.2, 0.25) is 0 Å². The van der Waals surface area contributed by atoms with Gasteiger partial charge in [-0.3, -0.25) is 4.90 Å². The van der Waals surface area contributed by atoms with Gasteiger partial charge in [0.25, 0.3) is 0 Å².